The molecule has 114 valence electrons. The highest BCUT2D eigenvalue weighted by atomic mass is 35.5. The van der Waals surface area contributed by atoms with Crippen LogP contribution in [0.4, 0.5) is 0 Å². The third kappa shape index (κ3) is 2.77. The molecule has 1 fully saturated rings. The Kier molecular flexibility index (Phi) is 4.63. The molecular formula is C14H15Cl3N2OS. The van der Waals surface area contributed by atoms with E-state index in [2.05, 4.69) is 4.99 Å². The molecule has 1 atom stereocenters. The molecule has 0 radical (unpaired) electrons. The van der Waals surface area contributed by atoms with Crippen LogP contribution in [0.3, 0.4) is 0 Å². The van der Waals surface area contributed by atoms with Crippen LogP contribution < -0.4 is 0 Å². The fourth-order valence-electron chi connectivity index (χ4n) is 2.68. The molecule has 2 aliphatic rings. The van der Waals surface area contributed by atoms with E-state index in [0.29, 0.717) is 21.4 Å². The Balaban J connectivity index is 2.04. The second-order valence-corrected chi connectivity index (χ2v) is 7.31. The van der Waals surface area contributed by atoms with Gasteiger partial charge >= 0.3 is 0 Å². The molecule has 7 heteroatoms. The molecule has 0 amide bonds. The molecule has 3 nitrogen and oxygen atoms in total. The van der Waals surface area contributed by atoms with Gasteiger partial charge in [-0.2, -0.15) is 0 Å². The van der Waals surface area contributed by atoms with Crippen molar-refractivity contribution >= 4 is 51.7 Å². The van der Waals surface area contributed by atoms with Crippen molar-refractivity contribution in [1.82, 2.24) is 4.90 Å². The number of hydrogen-bond acceptors (Lipinski definition) is 4. The molecule has 0 bridgehead atoms. The number of fused-ring (bicyclic) bond motifs is 1. The molecule has 0 spiro atoms. The number of halogens is 3. The first-order chi connectivity index (χ1) is 10.0. The van der Waals surface area contributed by atoms with Gasteiger partial charge in [-0.25, -0.2) is 0 Å². The van der Waals surface area contributed by atoms with Crippen LogP contribution in [0.15, 0.2) is 17.1 Å². The third-order valence-corrected chi connectivity index (χ3v) is 6.28. The van der Waals surface area contributed by atoms with E-state index in [1.54, 1.807) is 23.9 Å². The summed E-state index contributed by atoms with van der Waals surface area (Å²) >= 11 is 20.0. The fraction of sp³-hybridized carbons (Fsp3) is 0.500. The van der Waals surface area contributed by atoms with Gasteiger partial charge in [-0.1, -0.05) is 52.6 Å². The molecule has 1 aromatic carbocycles. The Morgan fingerprint density at radius 2 is 1.95 bits per heavy atom. The largest absolute Gasteiger partial charge is 0.366 e. The maximum atomic E-state index is 11.2. The van der Waals surface area contributed by atoms with Crippen molar-refractivity contribution < 1.29 is 5.11 Å². The number of hydrogen-bond donors (Lipinski definition) is 1. The predicted molar refractivity (Wildman–Crippen MR) is 90.7 cm³/mol. The molecule has 2 aliphatic heterocycles. The lowest BCUT2D eigenvalue weighted by Crippen LogP contribution is -2.46. The lowest BCUT2D eigenvalue weighted by atomic mass is 10.0. The first-order valence-corrected chi connectivity index (χ1v) is 8.97. The number of nitrogens with zero attached hydrogens (tertiary/aromatic N) is 2. The monoisotopic (exact) mass is 364 g/mol. The summed E-state index contributed by atoms with van der Waals surface area (Å²) in [6, 6.07) is 3.42. The van der Waals surface area contributed by atoms with Crippen molar-refractivity contribution in [3.8, 4) is 0 Å². The Morgan fingerprint density at radius 1 is 1.14 bits per heavy atom. The highest BCUT2D eigenvalue weighted by molar-refractivity contribution is 8.14. The zero-order valence-electron chi connectivity index (χ0n) is 11.3. The minimum Gasteiger partial charge on any atom is -0.366 e. The average Bonchev–Trinajstić information content (AvgIpc) is 2.72. The summed E-state index contributed by atoms with van der Waals surface area (Å²) in [4.78, 5) is 6.53. The van der Waals surface area contributed by atoms with Gasteiger partial charge in [-0.05, 0) is 25.3 Å². The zero-order valence-corrected chi connectivity index (χ0v) is 14.4. The van der Waals surface area contributed by atoms with Gasteiger partial charge in [0, 0.05) is 18.7 Å². The van der Waals surface area contributed by atoms with E-state index in [4.69, 9.17) is 34.8 Å². The summed E-state index contributed by atoms with van der Waals surface area (Å²) in [6.07, 6.45) is 3.24. The minimum absolute atomic E-state index is 0.284. The van der Waals surface area contributed by atoms with Crippen LogP contribution in [0.2, 0.25) is 15.1 Å². The minimum atomic E-state index is -1.17. The molecule has 1 saturated heterocycles. The second kappa shape index (κ2) is 6.17. The summed E-state index contributed by atoms with van der Waals surface area (Å²) in [5.41, 5.74) is -0.580. The van der Waals surface area contributed by atoms with Gasteiger partial charge in [0.25, 0.3) is 0 Å². The van der Waals surface area contributed by atoms with Crippen molar-refractivity contribution in [2.75, 3.05) is 18.8 Å². The van der Waals surface area contributed by atoms with Gasteiger partial charge in [0.2, 0.25) is 0 Å². The Bertz CT molecular complexity index is 596. The van der Waals surface area contributed by atoms with Gasteiger partial charge in [-0.15, -0.1) is 0 Å². The standard InChI is InChI=1S/C14H15Cl3N2OS/c15-10-5-4-9(11(16)12(10)17)14(20)8-21-13-18-6-2-1-3-7-19(13)14/h4-5,20H,1-3,6-8H2. The summed E-state index contributed by atoms with van der Waals surface area (Å²) in [7, 11) is 0. The van der Waals surface area contributed by atoms with Crippen molar-refractivity contribution in [3.05, 3.63) is 32.8 Å². The molecule has 3 rings (SSSR count). The van der Waals surface area contributed by atoms with Gasteiger partial charge in [-0.3, -0.25) is 4.99 Å². The number of aliphatic imine (C=N–C) groups is 1. The molecule has 21 heavy (non-hydrogen) atoms. The van der Waals surface area contributed by atoms with Crippen LogP contribution in [-0.4, -0.2) is 34.0 Å². The van der Waals surface area contributed by atoms with Crippen LogP contribution in [0.5, 0.6) is 0 Å². The predicted octanol–water partition coefficient (Wildman–Crippen LogP) is 4.38. The Hall–Kier alpha value is -0.130. The maximum absolute atomic E-state index is 11.2. The van der Waals surface area contributed by atoms with Crippen LogP contribution in [0, 0.1) is 0 Å². The van der Waals surface area contributed by atoms with Crippen molar-refractivity contribution in [2.24, 2.45) is 4.99 Å². The molecule has 1 unspecified atom stereocenters. The topological polar surface area (TPSA) is 35.8 Å². The van der Waals surface area contributed by atoms with E-state index < -0.39 is 5.72 Å². The summed E-state index contributed by atoms with van der Waals surface area (Å²) in [5, 5.41) is 13.1. The van der Waals surface area contributed by atoms with Crippen molar-refractivity contribution in [3.63, 3.8) is 0 Å². The smallest absolute Gasteiger partial charge is 0.177 e. The van der Waals surface area contributed by atoms with Crippen LogP contribution >= 0.6 is 46.6 Å². The summed E-state index contributed by atoms with van der Waals surface area (Å²) in [6.45, 7) is 1.57. The first kappa shape index (κ1) is 15.8. The van der Waals surface area contributed by atoms with Gasteiger partial charge in [0.15, 0.2) is 10.9 Å². The van der Waals surface area contributed by atoms with Crippen LogP contribution in [-0.2, 0) is 5.72 Å². The van der Waals surface area contributed by atoms with E-state index in [-0.39, 0.29) is 5.02 Å². The number of rotatable bonds is 1. The molecule has 2 heterocycles. The number of aliphatic hydroxyl groups is 1. The maximum Gasteiger partial charge on any atom is 0.177 e. The molecule has 0 aromatic heterocycles. The van der Waals surface area contributed by atoms with E-state index in [1.165, 1.54) is 0 Å². The average molecular weight is 366 g/mol. The summed E-state index contributed by atoms with van der Waals surface area (Å²) < 4.78 is 0. The lowest BCUT2D eigenvalue weighted by molar-refractivity contribution is -0.0487. The SMILES string of the molecule is OC1(c2ccc(Cl)c(Cl)c2Cl)CSC2=NCCCCCN21. The number of amidine groups is 1. The zero-order chi connectivity index (χ0) is 15.0. The first-order valence-electron chi connectivity index (χ1n) is 6.85. The van der Waals surface area contributed by atoms with E-state index in [9.17, 15) is 5.11 Å². The Labute approximate surface area is 143 Å². The van der Waals surface area contributed by atoms with Crippen molar-refractivity contribution in [2.45, 2.75) is 25.0 Å². The van der Waals surface area contributed by atoms with E-state index in [1.807, 2.05) is 4.90 Å². The van der Waals surface area contributed by atoms with Crippen molar-refractivity contribution in [1.29, 1.82) is 0 Å². The quantitative estimate of drug-likeness (QED) is 0.750. The third-order valence-electron chi connectivity index (χ3n) is 3.83. The van der Waals surface area contributed by atoms with Gasteiger partial charge < -0.3 is 10.0 Å². The molecular weight excluding hydrogens is 351 g/mol. The van der Waals surface area contributed by atoms with Crippen LogP contribution in [0.25, 0.3) is 0 Å². The number of thioether (sulfide) groups is 1. The Morgan fingerprint density at radius 3 is 2.76 bits per heavy atom. The van der Waals surface area contributed by atoms with E-state index >= 15 is 0 Å². The molecule has 0 aliphatic carbocycles. The second-order valence-electron chi connectivity index (χ2n) is 5.20. The lowest BCUT2D eigenvalue weighted by Gasteiger charge is -2.36. The highest BCUT2D eigenvalue weighted by Crippen LogP contribution is 2.45. The molecule has 1 N–H and O–H groups in total. The van der Waals surface area contributed by atoms with Gasteiger partial charge in [0.1, 0.15) is 0 Å². The highest BCUT2D eigenvalue weighted by Gasteiger charge is 2.46. The van der Waals surface area contributed by atoms with Gasteiger partial charge in [0.05, 0.1) is 20.8 Å². The normalized spacial score (nSPS) is 26.1. The van der Waals surface area contributed by atoms with E-state index in [0.717, 1.165) is 37.5 Å². The van der Waals surface area contributed by atoms with Crippen LogP contribution in [0.1, 0.15) is 24.8 Å². The molecule has 1 aromatic rings. The number of benzene rings is 1. The fourth-order valence-corrected chi connectivity index (χ4v) is 4.59. The summed E-state index contributed by atoms with van der Waals surface area (Å²) in [5.74, 6) is 0.490. The molecule has 0 saturated carbocycles.